The van der Waals surface area contributed by atoms with Gasteiger partial charge in [0.2, 0.25) is 0 Å². The van der Waals surface area contributed by atoms with E-state index in [4.69, 9.17) is 0 Å². The molecule has 0 aliphatic heterocycles. The molecule has 2 aromatic carbocycles. The molecule has 1 aliphatic rings. The fourth-order valence-electron chi connectivity index (χ4n) is 4.10. The van der Waals surface area contributed by atoms with Gasteiger partial charge in [0, 0.05) is 30.5 Å². The molecule has 1 N–H and O–H groups in total. The molecule has 0 atom stereocenters. The lowest BCUT2D eigenvalue weighted by atomic mass is 9.83. The van der Waals surface area contributed by atoms with Crippen LogP contribution in [0.5, 0.6) is 0 Å². The maximum atomic E-state index is 4.42. The number of rotatable bonds is 5. The van der Waals surface area contributed by atoms with Crippen LogP contribution >= 0.6 is 15.9 Å². The van der Waals surface area contributed by atoms with E-state index >= 15 is 0 Å². The molecule has 0 radical (unpaired) electrons. The van der Waals surface area contributed by atoms with Gasteiger partial charge in [0.1, 0.15) is 11.6 Å². The number of anilines is 1. The molecule has 0 bridgehead atoms. The van der Waals surface area contributed by atoms with Gasteiger partial charge in [-0.1, -0.05) is 66.0 Å². The van der Waals surface area contributed by atoms with E-state index in [1.165, 1.54) is 42.3 Å². The Kier molecular flexibility index (Phi) is 8.85. The SMILES string of the molecule is CC1CCC(CNCc2ccccc2Br)CC1.Cc1nc(N(C)C)c2ccccc2n1. The Morgan fingerprint density at radius 1 is 0.968 bits per heavy atom. The zero-order valence-electron chi connectivity index (χ0n) is 19.2. The van der Waals surface area contributed by atoms with Crippen LogP contribution in [0.15, 0.2) is 53.0 Å². The first-order valence-electron chi connectivity index (χ1n) is 11.3. The Bertz CT molecular complexity index is 965. The van der Waals surface area contributed by atoms with Gasteiger partial charge in [-0.3, -0.25) is 0 Å². The molecule has 0 unspecified atom stereocenters. The van der Waals surface area contributed by atoms with Crippen molar-refractivity contribution in [3.8, 4) is 0 Å². The van der Waals surface area contributed by atoms with Crippen molar-refractivity contribution in [1.82, 2.24) is 15.3 Å². The molecule has 1 aromatic heterocycles. The molecule has 0 amide bonds. The minimum absolute atomic E-state index is 0.812. The fourth-order valence-corrected chi connectivity index (χ4v) is 4.52. The number of hydrogen-bond donors (Lipinski definition) is 1. The van der Waals surface area contributed by atoms with Crippen molar-refractivity contribution in [2.24, 2.45) is 11.8 Å². The standard InChI is InChI=1S/C15H22BrN.C11H13N3/c1-12-6-8-13(9-7-12)10-17-11-14-4-2-3-5-15(14)16;1-8-12-10-7-5-4-6-9(10)11(13-8)14(2)3/h2-5,12-13,17H,6-11H2,1H3;4-7H,1-3H3. The number of nitrogens with one attached hydrogen (secondary N) is 1. The summed E-state index contributed by atoms with van der Waals surface area (Å²) in [4.78, 5) is 10.8. The van der Waals surface area contributed by atoms with Crippen LogP contribution in [-0.2, 0) is 6.54 Å². The van der Waals surface area contributed by atoms with E-state index in [1.54, 1.807) is 0 Å². The molecule has 5 heteroatoms. The fraction of sp³-hybridized carbons (Fsp3) is 0.462. The van der Waals surface area contributed by atoms with Gasteiger partial charge in [-0.15, -0.1) is 0 Å². The quantitative estimate of drug-likeness (QED) is 0.458. The van der Waals surface area contributed by atoms with E-state index < -0.39 is 0 Å². The maximum Gasteiger partial charge on any atom is 0.139 e. The molecule has 3 aromatic rings. The summed E-state index contributed by atoms with van der Waals surface area (Å²) in [6, 6.07) is 16.5. The summed E-state index contributed by atoms with van der Waals surface area (Å²) in [5.74, 6) is 3.64. The summed E-state index contributed by atoms with van der Waals surface area (Å²) < 4.78 is 1.21. The van der Waals surface area contributed by atoms with Gasteiger partial charge < -0.3 is 10.2 Å². The van der Waals surface area contributed by atoms with Crippen molar-refractivity contribution < 1.29 is 0 Å². The van der Waals surface area contributed by atoms with Crippen LogP contribution in [0, 0.1) is 18.8 Å². The number of aromatic nitrogens is 2. The van der Waals surface area contributed by atoms with Gasteiger partial charge >= 0.3 is 0 Å². The lowest BCUT2D eigenvalue weighted by molar-refractivity contribution is 0.281. The number of nitrogens with zero attached hydrogens (tertiary/aromatic N) is 3. The van der Waals surface area contributed by atoms with E-state index in [-0.39, 0.29) is 0 Å². The van der Waals surface area contributed by atoms with E-state index in [0.29, 0.717) is 0 Å². The summed E-state index contributed by atoms with van der Waals surface area (Å²) >= 11 is 3.59. The Morgan fingerprint density at radius 2 is 1.65 bits per heavy atom. The largest absolute Gasteiger partial charge is 0.362 e. The second kappa shape index (κ2) is 11.6. The van der Waals surface area contributed by atoms with Crippen LogP contribution < -0.4 is 10.2 Å². The third kappa shape index (κ3) is 7.01. The predicted molar refractivity (Wildman–Crippen MR) is 136 cm³/mol. The molecular formula is C26H35BrN4. The third-order valence-corrected chi connectivity index (χ3v) is 6.73. The normalized spacial score (nSPS) is 18.4. The van der Waals surface area contributed by atoms with Crippen LogP contribution in [0.3, 0.4) is 0 Å². The molecule has 1 aliphatic carbocycles. The van der Waals surface area contributed by atoms with Crippen LogP contribution in [0.25, 0.3) is 10.9 Å². The van der Waals surface area contributed by atoms with Crippen molar-refractivity contribution in [2.45, 2.75) is 46.1 Å². The van der Waals surface area contributed by atoms with Crippen molar-refractivity contribution in [2.75, 3.05) is 25.5 Å². The average Bonchev–Trinajstić information content (AvgIpc) is 2.76. The lowest BCUT2D eigenvalue weighted by Crippen LogP contribution is -2.25. The topological polar surface area (TPSA) is 41.1 Å². The first-order valence-corrected chi connectivity index (χ1v) is 12.1. The minimum atomic E-state index is 0.812. The van der Waals surface area contributed by atoms with Gasteiger partial charge in [0.15, 0.2) is 0 Å². The second-order valence-corrected chi connectivity index (χ2v) is 9.71. The molecule has 1 heterocycles. The molecule has 4 nitrogen and oxygen atoms in total. The third-order valence-electron chi connectivity index (χ3n) is 5.96. The highest BCUT2D eigenvalue weighted by Gasteiger charge is 2.17. The summed E-state index contributed by atoms with van der Waals surface area (Å²) in [6.45, 7) is 6.45. The van der Waals surface area contributed by atoms with Crippen LogP contribution in [-0.4, -0.2) is 30.6 Å². The van der Waals surface area contributed by atoms with Gasteiger partial charge in [-0.2, -0.15) is 0 Å². The van der Waals surface area contributed by atoms with Gasteiger partial charge in [-0.05, 0) is 61.9 Å². The Labute approximate surface area is 195 Å². The summed E-state index contributed by atoms with van der Waals surface area (Å²) in [5.41, 5.74) is 2.36. The predicted octanol–water partition coefficient (Wildman–Crippen LogP) is 6.37. The lowest BCUT2D eigenvalue weighted by Gasteiger charge is -2.26. The van der Waals surface area contributed by atoms with Crippen molar-refractivity contribution in [3.63, 3.8) is 0 Å². The molecule has 1 fully saturated rings. The number of benzene rings is 2. The summed E-state index contributed by atoms with van der Waals surface area (Å²) in [5, 5.41) is 4.70. The van der Waals surface area contributed by atoms with E-state index in [0.717, 1.165) is 40.9 Å². The van der Waals surface area contributed by atoms with Gasteiger partial charge in [-0.25, -0.2) is 9.97 Å². The zero-order valence-corrected chi connectivity index (χ0v) is 20.8. The number of aryl methyl sites for hydroxylation is 1. The van der Waals surface area contributed by atoms with Crippen LogP contribution in [0.1, 0.15) is 44.0 Å². The molecule has 166 valence electrons. The number of halogens is 1. The highest BCUT2D eigenvalue weighted by Crippen LogP contribution is 2.28. The molecule has 0 spiro atoms. The Balaban J connectivity index is 0.000000179. The number of para-hydroxylation sites is 1. The van der Waals surface area contributed by atoms with Gasteiger partial charge in [0.05, 0.1) is 5.52 Å². The van der Waals surface area contributed by atoms with Crippen molar-refractivity contribution in [1.29, 1.82) is 0 Å². The average molecular weight is 483 g/mol. The monoisotopic (exact) mass is 482 g/mol. The Hall–Kier alpha value is -1.98. The highest BCUT2D eigenvalue weighted by atomic mass is 79.9. The van der Waals surface area contributed by atoms with Crippen LogP contribution in [0.2, 0.25) is 0 Å². The summed E-state index contributed by atoms with van der Waals surface area (Å²) in [7, 11) is 3.99. The highest BCUT2D eigenvalue weighted by molar-refractivity contribution is 9.10. The molecule has 1 saturated carbocycles. The van der Waals surface area contributed by atoms with Crippen molar-refractivity contribution >= 4 is 32.7 Å². The van der Waals surface area contributed by atoms with Gasteiger partial charge in [0.25, 0.3) is 0 Å². The first-order chi connectivity index (χ1) is 14.9. The number of fused-ring (bicyclic) bond motifs is 1. The molecule has 0 saturated heterocycles. The van der Waals surface area contributed by atoms with E-state index in [1.807, 2.05) is 50.2 Å². The summed E-state index contributed by atoms with van der Waals surface area (Å²) in [6.07, 6.45) is 5.65. The number of hydrogen-bond acceptors (Lipinski definition) is 4. The minimum Gasteiger partial charge on any atom is -0.362 e. The molecule has 4 rings (SSSR count). The zero-order chi connectivity index (χ0) is 22.2. The van der Waals surface area contributed by atoms with E-state index in [2.05, 4.69) is 62.4 Å². The smallest absolute Gasteiger partial charge is 0.139 e. The van der Waals surface area contributed by atoms with Crippen molar-refractivity contribution in [3.05, 3.63) is 64.4 Å². The molecule has 31 heavy (non-hydrogen) atoms. The second-order valence-electron chi connectivity index (χ2n) is 8.85. The Morgan fingerprint density at radius 3 is 2.35 bits per heavy atom. The first kappa shape index (κ1) is 23.7. The van der Waals surface area contributed by atoms with E-state index in [9.17, 15) is 0 Å². The molecular weight excluding hydrogens is 448 g/mol. The van der Waals surface area contributed by atoms with Crippen LogP contribution in [0.4, 0.5) is 5.82 Å². The maximum absolute atomic E-state index is 4.42.